The highest BCUT2D eigenvalue weighted by atomic mass is 16.3. The molecule has 3 rings (SSSR count). The van der Waals surface area contributed by atoms with E-state index in [0.717, 1.165) is 43.4 Å². The lowest BCUT2D eigenvalue weighted by Gasteiger charge is -2.23. The number of furan rings is 1. The second-order valence-electron chi connectivity index (χ2n) is 6.46. The summed E-state index contributed by atoms with van der Waals surface area (Å²) in [6, 6.07) is 5.53. The maximum Gasteiger partial charge on any atom is 0.289 e. The fraction of sp³-hybridized carbons (Fsp3) is 0.500. The van der Waals surface area contributed by atoms with Crippen LogP contribution in [0.15, 0.2) is 28.9 Å². The molecule has 0 N–H and O–H groups in total. The summed E-state index contributed by atoms with van der Waals surface area (Å²) in [5, 5.41) is 0. The Kier molecular flexibility index (Phi) is 4.83. The zero-order valence-electron chi connectivity index (χ0n) is 14.5. The van der Waals surface area contributed by atoms with Gasteiger partial charge in [-0.05, 0) is 31.4 Å². The number of carbonyl (C=O) groups is 1. The molecule has 128 valence electrons. The summed E-state index contributed by atoms with van der Waals surface area (Å²) >= 11 is 0. The van der Waals surface area contributed by atoms with Gasteiger partial charge in [-0.2, -0.15) is 0 Å². The molecule has 1 aliphatic rings. The fourth-order valence-electron chi connectivity index (χ4n) is 2.94. The van der Waals surface area contributed by atoms with E-state index < -0.39 is 0 Å². The van der Waals surface area contributed by atoms with Crippen molar-refractivity contribution < 1.29 is 9.21 Å². The maximum absolute atomic E-state index is 12.4. The number of amides is 1. The molecule has 0 atom stereocenters. The molecule has 0 unspecified atom stereocenters. The molecular weight excluding hydrogens is 304 g/mol. The summed E-state index contributed by atoms with van der Waals surface area (Å²) in [5.74, 6) is 2.49. The third-order valence-electron chi connectivity index (χ3n) is 4.27. The van der Waals surface area contributed by atoms with E-state index in [1.807, 2.05) is 11.8 Å². The molecule has 0 bridgehead atoms. The largest absolute Gasteiger partial charge is 0.459 e. The SMILES string of the molecule is Cc1nc(C(C)C)cc(N2CCCN(C(=O)c3ccco3)CC2)n1. The van der Waals surface area contributed by atoms with E-state index in [4.69, 9.17) is 4.42 Å². The number of hydrogen-bond acceptors (Lipinski definition) is 5. The summed E-state index contributed by atoms with van der Waals surface area (Å²) in [7, 11) is 0. The monoisotopic (exact) mass is 328 g/mol. The van der Waals surface area contributed by atoms with E-state index in [1.54, 1.807) is 12.1 Å². The van der Waals surface area contributed by atoms with Gasteiger partial charge in [0.05, 0.1) is 6.26 Å². The van der Waals surface area contributed by atoms with Gasteiger partial charge in [0.1, 0.15) is 11.6 Å². The lowest BCUT2D eigenvalue weighted by molar-refractivity contribution is 0.0735. The van der Waals surface area contributed by atoms with Crippen molar-refractivity contribution in [2.45, 2.75) is 33.1 Å². The Labute approximate surface area is 142 Å². The Morgan fingerprint density at radius 3 is 2.75 bits per heavy atom. The van der Waals surface area contributed by atoms with Gasteiger partial charge in [-0.1, -0.05) is 13.8 Å². The van der Waals surface area contributed by atoms with Crippen LogP contribution >= 0.6 is 0 Å². The van der Waals surface area contributed by atoms with Crippen molar-refractivity contribution in [3.8, 4) is 0 Å². The first-order chi connectivity index (χ1) is 11.5. The van der Waals surface area contributed by atoms with Crippen molar-refractivity contribution in [3.63, 3.8) is 0 Å². The minimum absolute atomic E-state index is 0.0383. The van der Waals surface area contributed by atoms with Crippen LogP contribution in [-0.4, -0.2) is 47.0 Å². The van der Waals surface area contributed by atoms with Crippen LogP contribution in [-0.2, 0) is 0 Å². The molecule has 0 saturated carbocycles. The van der Waals surface area contributed by atoms with Crippen LogP contribution in [0.2, 0.25) is 0 Å². The fourth-order valence-corrected chi connectivity index (χ4v) is 2.94. The first-order valence-electron chi connectivity index (χ1n) is 8.48. The smallest absolute Gasteiger partial charge is 0.289 e. The van der Waals surface area contributed by atoms with Crippen LogP contribution in [0.4, 0.5) is 5.82 Å². The molecule has 2 aromatic heterocycles. The predicted molar refractivity (Wildman–Crippen MR) is 92.3 cm³/mol. The second-order valence-corrected chi connectivity index (χ2v) is 6.46. The molecule has 0 spiro atoms. The van der Waals surface area contributed by atoms with Gasteiger partial charge < -0.3 is 14.2 Å². The number of aryl methyl sites for hydroxylation is 1. The molecule has 1 amide bonds. The lowest BCUT2D eigenvalue weighted by atomic mass is 10.1. The van der Waals surface area contributed by atoms with Gasteiger partial charge in [-0.15, -0.1) is 0 Å². The molecule has 24 heavy (non-hydrogen) atoms. The molecule has 0 aliphatic carbocycles. The van der Waals surface area contributed by atoms with Gasteiger partial charge in [0.15, 0.2) is 5.76 Å². The predicted octanol–water partition coefficient (Wildman–Crippen LogP) is 2.85. The van der Waals surface area contributed by atoms with Crippen LogP contribution < -0.4 is 4.90 Å². The van der Waals surface area contributed by atoms with E-state index in [1.165, 1.54) is 6.26 Å². The van der Waals surface area contributed by atoms with Gasteiger partial charge in [0, 0.05) is 37.9 Å². The van der Waals surface area contributed by atoms with E-state index in [-0.39, 0.29) is 5.91 Å². The highest BCUT2D eigenvalue weighted by Crippen LogP contribution is 2.20. The summed E-state index contributed by atoms with van der Waals surface area (Å²) in [4.78, 5) is 25.7. The molecule has 3 heterocycles. The van der Waals surface area contributed by atoms with Gasteiger partial charge >= 0.3 is 0 Å². The molecule has 0 aromatic carbocycles. The van der Waals surface area contributed by atoms with Crippen molar-refractivity contribution in [2.24, 2.45) is 0 Å². The minimum atomic E-state index is -0.0383. The standard InChI is InChI=1S/C18H24N4O2/c1-13(2)15-12-17(20-14(3)19-15)21-7-5-8-22(10-9-21)18(23)16-6-4-11-24-16/h4,6,11-13H,5,7-10H2,1-3H3. The molecule has 1 aliphatic heterocycles. The van der Waals surface area contributed by atoms with E-state index in [2.05, 4.69) is 34.8 Å². The zero-order valence-corrected chi connectivity index (χ0v) is 14.5. The first kappa shape index (κ1) is 16.5. The molecular formula is C18H24N4O2. The van der Waals surface area contributed by atoms with Crippen LogP contribution in [0.1, 0.15) is 48.3 Å². The summed E-state index contributed by atoms with van der Waals surface area (Å²) < 4.78 is 5.23. The topological polar surface area (TPSA) is 62.5 Å². The number of rotatable bonds is 3. The average Bonchev–Trinajstić information content (AvgIpc) is 2.98. The van der Waals surface area contributed by atoms with Gasteiger partial charge in [0.2, 0.25) is 0 Å². The number of aromatic nitrogens is 2. The Hall–Kier alpha value is -2.37. The summed E-state index contributed by atoms with van der Waals surface area (Å²) in [5.41, 5.74) is 1.06. The first-order valence-corrected chi connectivity index (χ1v) is 8.48. The molecule has 1 fully saturated rings. The third kappa shape index (κ3) is 3.58. The van der Waals surface area contributed by atoms with Crippen molar-refractivity contribution >= 4 is 11.7 Å². The summed E-state index contributed by atoms with van der Waals surface area (Å²) in [6.45, 7) is 9.25. The van der Waals surface area contributed by atoms with Crippen molar-refractivity contribution in [1.82, 2.24) is 14.9 Å². The lowest BCUT2D eigenvalue weighted by Crippen LogP contribution is -2.35. The van der Waals surface area contributed by atoms with E-state index in [0.29, 0.717) is 18.2 Å². The Balaban J connectivity index is 1.73. The Morgan fingerprint density at radius 1 is 1.21 bits per heavy atom. The Morgan fingerprint density at radius 2 is 2.04 bits per heavy atom. The quantitative estimate of drug-likeness (QED) is 0.867. The van der Waals surface area contributed by atoms with Crippen LogP contribution in [0.25, 0.3) is 0 Å². The zero-order chi connectivity index (χ0) is 17.1. The van der Waals surface area contributed by atoms with Crippen LogP contribution in [0.3, 0.4) is 0 Å². The van der Waals surface area contributed by atoms with Crippen LogP contribution in [0, 0.1) is 6.92 Å². The van der Waals surface area contributed by atoms with Crippen molar-refractivity contribution in [3.05, 3.63) is 41.7 Å². The Bertz CT molecular complexity index is 697. The molecule has 6 heteroatoms. The van der Waals surface area contributed by atoms with Gasteiger partial charge in [-0.3, -0.25) is 4.79 Å². The van der Waals surface area contributed by atoms with Gasteiger partial charge in [-0.25, -0.2) is 9.97 Å². The number of carbonyl (C=O) groups excluding carboxylic acids is 1. The average molecular weight is 328 g/mol. The third-order valence-corrected chi connectivity index (χ3v) is 4.27. The highest BCUT2D eigenvalue weighted by Gasteiger charge is 2.23. The summed E-state index contributed by atoms with van der Waals surface area (Å²) in [6.07, 6.45) is 2.45. The molecule has 0 radical (unpaired) electrons. The van der Waals surface area contributed by atoms with Gasteiger partial charge in [0.25, 0.3) is 5.91 Å². The molecule has 1 saturated heterocycles. The number of anilines is 1. The molecule has 2 aromatic rings. The maximum atomic E-state index is 12.4. The highest BCUT2D eigenvalue weighted by molar-refractivity contribution is 5.91. The second kappa shape index (κ2) is 7.03. The van der Waals surface area contributed by atoms with Crippen LogP contribution in [0.5, 0.6) is 0 Å². The minimum Gasteiger partial charge on any atom is -0.459 e. The van der Waals surface area contributed by atoms with Crippen molar-refractivity contribution in [1.29, 1.82) is 0 Å². The van der Waals surface area contributed by atoms with Crippen molar-refractivity contribution in [2.75, 3.05) is 31.1 Å². The number of hydrogen-bond donors (Lipinski definition) is 0. The number of nitrogens with zero attached hydrogens (tertiary/aromatic N) is 4. The van der Waals surface area contributed by atoms with E-state index in [9.17, 15) is 4.79 Å². The molecule has 6 nitrogen and oxygen atoms in total. The normalized spacial score (nSPS) is 15.7. The van der Waals surface area contributed by atoms with E-state index >= 15 is 0 Å².